The third kappa shape index (κ3) is 4.00. The Balaban J connectivity index is 1.65. The smallest absolute Gasteiger partial charge is 0.321 e. The first kappa shape index (κ1) is 16.6. The van der Waals surface area contributed by atoms with E-state index in [1.54, 1.807) is 17.9 Å². The number of amides is 2. The highest BCUT2D eigenvalue weighted by Crippen LogP contribution is 2.16. The zero-order chi connectivity index (χ0) is 17.8. The van der Waals surface area contributed by atoms with Gasteiger partial charge in [-0.1, -0.05) is 18.2 Å². The molecule has 1 heterocycles. The van der Waals surface area contributed by atoms with Gasteiger partial charge in [0, 0.05) is 24.9 Å². The molecule has 2 aromatic carbocycles. The number of rotatable bonds is 4. The van der Waals surface area contributed by atoms with Crippen molar-refractivity contribution in [1.29, 1.82) is 0 Å². The maximum Gasteiger partial charge on any atom is 0.321 e. The van der Waals surface area contributed by atoms with Crippen molar-refractivity contribution in [2.24, 2.45) is 0 Å². The Morgan fingerprint density at radius 3 is 2.68 bits per heavy atom. The first-order chi connectivity index (χ1) is 12.0. The Kier molecular flexibility index (Phi) is 4.74. The molecule has 7 heteroatoms. The van der Waals surface area contributed by atoms with Crippen LogP contribution in [0, 0.1) is 11.6 Å². The highest BCUT2D eigenvalue weighted by molar-refractivity contribution is 5.89. The Bertz CT molecular complexity index is 880. The normalized spacial score (nSPS) is 10.5. The van der Waals surface area contributed by atoms with E-state index in [2.05, 4.69) is 10.4 Å². The summed E-state index contributed by atoms with van der Waals surface area (Å²) < 4.78 is 28.2. The summed E-state index contributed by atoms with van der Waals surface area (Å²) in [5, 5.41) is 6.68. The Hall–Kier alpha value is -3.22. The molecule has 0 aliphatic carbocycles. The van der Waals surface area contributed by atoms with Crippen LogP contribution in [0.25, 0.3) is 5.69 Å². The molecule has 0 unspecified atom stereocenters. The Morgan fingerprint density at radius 1 is 1.20 bits per heavy atom. The number of anilines is 1. The molecule has 0 aliphatic heterocycles. The average Bonchev–Trinajstić information content (AvgIpc) is 3.06. The fraction of sp³-hybridized carbons (Fsp3) is 0.111. The highest BCUT2D eigenvalue weighted by atomic mass is 19.1. The number of halogens is 2. The minimum Gasteiger partial charge on any atom is -0.323 e. The number of carbonyl (C=O) groups excluding carboxylic acids is 1. The van der Waals surface area contributed by atoms with Crippen LogP contribution in [0.2, 0.25) is 0 Å². The minimum absolute atomic E-state index is 0.0711. The van der Waals surface area contributed by atoms with Crippen molar-refractivity contribution in [2.75, 3.05) is 12.4 Å². The average molecular weight is 342 g/mol. The van der Waals surface area contributed by atoms with E-state index >= 15 is 0 Å². The molecule has 0 bridgehead atoms. The first-order valence-corrected chi connectivity index (χ1v) is 7.59. The van der Waals surface area contributed by atoms with Gasteiger partial charge in [-0.2, -0.15) is 5.10 Å². The third-order valence-electron chi connectivity index (χ3n) is 3.60. The van der Waals surface area contributed by atoms with Gasteiger partial charge in [0.25, 0.3) is 0 Å². The minimum atomic E-state index is -0.821. The Labute approximate surface area is 143 Å². The van der Waals surface area contributed by atoms with E-state index in [0.717, 1.165) is 23.4 Å². The van der Waals surface area contributed by atoms with Crippen LogP contribution in [0.1, 0.15) is 5.56 Å². The molecule has 0 saturated heterocycles. The van der Waals surface area contributed by atoms with Crippen molar-refractivity contribution < 1.29 is 13.6 Å². The number of aromatic nitrogens is 2. The number of para-hydroxylation sites is 1. The molecule has 0 radical (unpaired) electrons. The fourth-order valence-electron chi connectivity index (χ4n) is 2.31. The standard InChI is InChI=1S/C18H16F2N4O/c1-23(18(25)22-17-8-7-14(19)9-16(17)20)11-13-10-21-24(12-13)15-5-3-2-4-6-15/h2-10,12H,11H2,1H3,(H,22,25). The number of hydrogen-bond acceptors (Lipinski definition) is 2. The van der Waals surface area contributed by atoms with Crippen molar-refractivity contribution in [1.82, 2.24) is 14.7 Å². The summed E-state index contributed by atoms with van der Waals surface area (Å²) >= 11 is 0. The number of hydrogen-bond donors (Lipinski definition) is 1. The second-order valence-electron chi connectivity index (χ2n) is 5.54. The van der Waals surface area contributed by atoms with Crippen molar-refractivity contribution in [3.05, 3.63) is 78.1 Å². The number of nitrogens with one attached hydrogen (secondary N) is 1. The van der Waals surface area contributed by atoms with E-state index < -0.39 is 17.7 Å². The van der Waals surface area contributed by atoms with Crippen LogP contribution in [0.3, 0.4) is 0 Å². The van der Waals surface area contributed by atoms with Crippen molar-refractivity contribution in [2.45, 2.75) is 6.54 Å². The predicted octanol–water partition coefficient (Wildman–Crippen LogP) is 3.81. The van der Waals surface area contributed by atoms with Gasteiger partial charge in [0.2, 0.25) is 0 Å². The van der Waals surface area contributed by atoms with Crippen molar-refractivity contribution >= 4 is 11.7 Å². The summed E-state index contributed by atoms with van der Waals surface area (Å²) in [6.45, 7) is 0.293. The lowest BCUT2D eigenvalue weighted by atomic mass is 10.3. The summed E-state index contributed by atoms with van der Waals surface area (Å²) in [6.07, 6.45) is 3.48. The van der Waals surface area contributed by atoms with Crippen molar-refractivity contribution in [3.63, 3.8) is 0 Å². The number of benzene rings is 2. The fourth-order valence-corrected chi connectivity index (χ4v) is 2.31. The maximum atomic E-state index is 13.6. The lowest BCUT2D eigenvalue weighted by Gasteiger charge is -2.17. The third-order valence-corrected chi connectivity index (χ3v) is 3.60. The van der Waals surface area contributed by atoms with Gasteiger partial charge < -0.3 is 10.2 Å². The summed E-state index contributed by atoms with van der Waals surface area (Å²) in [5.74, 6) is -1.52. The van der Waals surface area contributed by atoms with Gasteiger partial charge in [0.15, 0.2) is 0 Å². The van der Waals surface area contributed by atoms with Gasteiger partial charge >= 0.3 is 6.03 Å². The van der Waals surface area contributed by atoms with Crippen LogP contribution in [0.15, 0.2) is 60.9 Å². The number of carbonyl (C=O) groups is 1. The van der Waals surface area contributed by atoms with Crippen LogP contribution in [-0.4, -0.2) is 27.8 Å². The molecule has 1 N–H and O–H groups in total. The number of urea groups is 1. The van der Waals surface area contributed by atoms with Crippen LogP contribution in [0.5, 0.6) is 0 Å². The van der Waals surface area contributed by atoms with Gasteiger partial charge in [-0.05, 0) is 24.3 Å². The molecule has 0 fully saturated rings. The molecule has 5 nitrogen and oxygen atoms in total. The molecule has 3 aromatic rings. The predicted molar refractivity (Wildman–Crippen MR) is 90.4 cm³/mol. The zero-order valence-corrected chi connectivity index (χ0v) is 13.5. The molecular weight excluding hydrogens is 326 g/mol. The van der Waals surface area contributed by atoms with Crippen molar-refractivity contribution in [3.8, 4) is 5.69 Å². The largest absolute Gasteiger partial charge is 0.323 e. The van der Waals surface area contributed by atoms with Crippen LogP contribution >= 0.6 is 0 Å². The van der Waals surface area contributed by atoms with Gasteiger partial charge in [0.05, 0.1) is 24.1 Å². The van der Waals surface area contributed by atoms with Gasteiger partial charge in [-0.15, -0.1) is 0 Å². The van der Waals surface area contributed by atoms with Gasteiger partial charge in [-0.3, -0.25) is 0 Å². The summed E-state index contributed by atoms with van der Waals surface area (Å²) in [7, 11) is 1.58. The lowest BCUT2D eigenvalue weighted by molar-refractivity contribution is 0.220. The molecule has 0 spiro atoms. The van der Waals surface area contributed by atoms with E-state index in [1.807, 2.05) is 36.5 Å². The van der Waals surface area contributed by atoms with E-state index in [-0.39, 0.29) is 5.69 Å². The molecule has 0 aliphatic rings. The summed E-state index contributed by atoms with van der Waals surface area (Å²) in [6, 6.07) is 12.1. The van der Waals surface area contributed by atoms with E-state index in [9.17, 15) is 13.6 Å². The van der Waals surface area contributed by atoms with E-state index in [1.165, 1.54) is 11.0 Å². The monoisotopic (exact) mass is 342 g/mol. The summed E-state index contributed by atoms with van der Waals surface area (Å²) in [4.78, 5) is 13.5. The van der Waals surface area contributed by atoms with Gasteiger partial charge in [0.1, 0.15) is 11.6 Å². The highest BCUT2D eigenvalue weighted by Gasteiger charge is 2.13. The maximum absolute atomic E-state index is 13.6. The molecule has 2 amide bonds. The summed E-state index contributed by atoms with van der Waals surface area (Å²) in [5.41, 5.74) is 1.66. The second kappa shape index (κ2) is 7.12. The van der Waals surface area contributed by atoms with Crippen LogP contribution in [-0.2, 0) is 6.54 Å². The molecule has 0 atom stereocenters. The second-order valence-corrected chi connectivity index (χ2v) is 5.54. The lowest BCUT2D eigenvalue weighted by Crippen LogP contribution is -2.31. The SMILES string of the molecule is CN(Cc1cnn(-c2ccccc2)c1)C(=O)Nc1ccc(F)cc1F. The zero-order valence-electron chi connectivity index (χ0n) is 13.5. The van der Waals surface area contributed by atoms with E-state index in [4.69, 9.17) is 0 Å². The van der Waals surface area contributed by atoms with Gasteiger partial charge in [-0.25, -0.2) is 18.3 Å². The Morgan fingerprint density at radius 2 is 1.96 bits per heavy atom. The molecular formula is C18H16F2N4O. The molecule has 128 valence electrons. The van der Waals surface area contributed by atoms with E-state index in [0.29, 0.717) is 6.54 Å². The van der Waals surface area contributed by atoms with Crippen LogP contribution in [0.4, 0.5) is 19.3 Å². The topological polar surface area (TPSA) is 50.2 Å². The molecule has 25 heavy (non-hydrogen) atoms. The molecule has 3 rings (SSSR count). The van der Waals surface area contributed by atoms with Crippen LogP contribution < -0.4 is 5.32 Å². The first-order valence-electron chi connectivity index (χ1n) is 7.59. The molecule has 1 aromatic heterocycles. The quantitative estimate of drug-likeness (QED) is 0.784. The number of nitrogens with zero attached hydrogens (tertiary/aromatic N) is 3. The molecule has 0 saturated carbocycles.